The maximum Gasteiger partial charge on any atom is 0.407 e. The second-order valence-corrected chi connectivity index (χ2v) is 14.3. The van der Waals surface area contributed by atoms with Crippen LogP contribution in [0.3, 0.4) is 0 Å². The van der Waals surface area contributed by atoms with Crippen molar-refractivity contribution < 1.29 is 23.5 Å². The lowest BCUT2D eigenvalue weighted by molar-refractivity contribution is -0.0705. The largest absolute Gasteiger partial charge is 0.444 e. The lowest BCUT2D eigenvalue weighted by atomic mass is 9.86. The van der Waals surface area contributed by atoms with Crippen LogP contribution in [0.2, 0.25) is 0 Å². The molecule has 2 atom stereocenters. The summed E-state index contributed by atoms with van der Waals surface area (Å²) >= 11 is 0. The molecule has 0 aromatic heterocycles. The summed E-state index contributed by atoms with van der Waals surface area (Å²) < 4.78 is 25.0. The molecule has 2 saturated heterocycles. The minimum atomic E-state index is -0.524. The fraction of sp³-hybridized carbons (Fsp3) is 0.595. The Labute approximate surface area is 279 Å². The Hall–Kier alpha value is -3.52. The van der Waals surface area contributed by atoms with Gasteiger partial charge in [-0.15, -0.1) is 0 Å². The van der Waals surface area contributed by atoms with E-state index in [2.05, 4.69) is 21.2 Å². The number of nitrogens with one attached hydrogen (secondary N) is 1. The Morgan fingerprint density at radius 3 is 2.64 bits per heavy atom. The molecule has 0 saturated carbocycles. The Kier molecular flexibility index (Phi) is 11.5. The molecule has 10 heteroatoms. The van der Waals surface area contributed by atoms with E-state index in [4.69, 9.17) is 9.47 Å². The second kappa shape index (κ2) is 15.6. The van der Waals surface area contributed by atoms with Crippen molar-refractivity contribution in [1.29, 1.82) is 5.26 Å². The molecule has 3 aliphatic rings. The highest BCUT2D eigenvalue weighted by atomic mass is 19.1. The van der Waals surface area contributed by atoms with E-state index >= 15 is 0 Å². The van der Waals surface area contributed by atoms with Crippen LogP contribution >= 0.6 is 0 Å². The number of hydrogen-bond donors (Lipinski definition) is 1. The molecule has 47 heavy (non-hydrogen) atoms. The van der Waals surface area contributed by atoms with Crippen molar-refractivity contribution >= 4 is 12.0 Å². The third kappa shape index (κ3) is 9.31. The second-order valence-electron chi connectivity index (χ2n) is 14.3. The van der Waals surface area contributed by atoms with Gasteiger partial charge in [-0.05, 0) is 107 Å². The van der Waals surface area contributed by atoms with Gasteiger partial charge in [0.05, 0.1) is 24.8 Å². The van der Waals surface area contributed by atoms with E-state index in [1.54, 1.807) is 11.0 Å². The molecule has 2 amide bonds. The van der Waals surface area contributed by atoms with Gasteiger partial charge in [-0.25, -0.2) is 9.18 Å². The van der Waals surface area contributed by atoms with Crippen LogP contribution in [0, 0.1) is 17.1 Å². The quantitative estimate of drug-likeness (QED) is 0.362. The first-order chi connectivity index (χ1) is 22.5. The number of aryl methyl sites for hydroxylation is 1. The molecule has 254 valence electrons. The van der Waals surface area contributed by atoms with Crippen molar-refractivity contribution in [2.24, 2.45) is 0 Å². The van der Waals surface area contributed by atoms with Gasteiger partial charge in [0, 0.05) is 63.3 Å². The highest BCUT2D eigenvalue weighted by molar-refractivity contribution is 5.96. The number of carbonyl (C=O) groups is 2. The Morgan fingerprint density at radius 1 is 1.17 bits per heavy atom. The summed E-state index contributed by atoms with van der Waals surface area (Å²) in [5, 5.41) is 12.5. The van der Waals surface area contributed by atoms with Gasteiger partial charge in [0.1, 0.15) is 11.4 Å². The van der Waals surface area contributed by atoms with Crippen LogP contribution in [0.15, 0.2) is 36.4 Å². The number of nitrogens with zero attached hydrogens (tertiary/aromatic N) is 4. The van der Waals surface area contributed by atoms with Gasteiger partial charge in [-0.3, -0.25) is 9.69 Å². The molecule has 2 aromatic rings. The molecule has 9 nitrogen and oxygen atoms in total. The normalized spacial score (nSPS) is 19.6. The Balaban J connectivity index is 1.17. The smallest absolute Gasteiger partial charge is 0.407 e. The number of halogens is 1. The van der Waals surface area contributed by atoms with Gasteiger partial charge in [-0.1, -0.05) is 12.1 Å². The zero-order valence-electron chi connectivity index (χ0n) is 28.4. The van der Waals surface area contributed by atoms with Gasteiger partial charge < -0.3 is 24.6 Å². The number of rotatable bonds is 11. The summed E-state index contributed by atoms with van der Waals surface area (Å²) in [4.78, 5) is 32.7. The van der Waals surface area contributed by atoms with Gasteiger partial charge >= 0.3 is 6.09 Å². The summed E-state index contributed by atoms with van der Waals surface area (Å²) in [6.45, 7) is 11.6. The van der Waals surface area contributed by atoms with Gasteiger partial charge in [0.15, 0.2) is 0 Å². The Bertz CT molecular complexity index is 1430. The number of nitriles is 1. The van der Waals surface area contributed by atoms with E-state index in [1.165, 1.54) is 12.1 Å². The van der Waals surface area contributed by atoms with E-state index in [-0.39, 0.29) is 23.7 Å². The number of morpholine rings is 1. The zero-order chi connectivity index (χ0) is 33.6. The van der Waals surface area contributed by atoms with Gasteiger partial charge in [0.2, 0.25) is 0 Å². The lowest BCUT2D eigenvalue weighted by Gasteiger charge is -2.50. The highest BCUT2D eigenvalue weighted by Gasteiger charge is 2.37. The standard InChI is InChI=1S/C37H50FN5O4/c1-37(2,3)47-36(45)40-15-13-31-25-46-18-17-43(31)32-23-42(24-32)16-14-29(27-9-11-30(38)12-10-27)22-41(4)35(44)34-20-26(21-39)19-28-7-5-6-8-33(28)34/h9-12,19-20,29,31-32H,5-8,13-18,22-25H2,1-4H3,(H,40,45)/t29-,31-/m1/s1. The first-order valence-electron chi connectivity index (χ1n) is 17.1. The van der Waals surface area contributed by atoms with E-state index in [9.17, 15) is 19.2 Å². The van der Waals surface area contributed by atoms with E-state index < -0.39 is 11.7 Å². The first-order valence-corrected chi connectivity index (χ1v) is 17.1. The number of hydrogen-bond acceptors (Lipinski definition) is 7. The topological polar surface area (TPSA) is 98.1 Å². The number of fused-ring (bicyclic) bond motifs is 1. The molecular formula is C37H50FN5O4. The summed E-state index contributed by atoms with van der Waals surface area (Å²) in [5.74, 6) is -0.298. The van der Waals surface area contributed by atoms with E-state index in [0.29, 0.717) is 43.5 Å². The van der Waals surface area contributed by atoms with Crippen LogP contribution in [0.1, 0.15) is 85.0 Å². The molecule has 2 aliphatic heterocycles. The van der Waals surface area contributed by atoms with E-state index in [1.807, 2.05) is 46.0 Å². The number of ether oxygens (including phenoxy) is 2. The zero-order valence-corrected chi connectivity index (χ0v) is 28.4. The fourth-order valence-electron chi connectivity index (χ4n) is 7.17. The number of likely N-dealkylation sites (N-methyl/N-ethyl adjacent to an activating group) is 1. The van der Waals surface area contributed by atoms with Crippen molar-refractivity contribution in [2.75, 3.05) is 59.5 Å². The molecule has 0 spiro atoms. The van der Waals surface area contributed by atoms with E-state index in [0.717, 1.165) is 81.4 Å². The molecule has 2 fully saturated rings. The van der Waals surface area contributed by atoms with Crippen molar-refractivity contribution in [3.63, 3.8) is 0 Å². The van der Waals surface area contributed by atoms with Crippen LogP contribution in [-0.4, -0.2) is 104 Å². The molecule has 2 aromatic carbocycles. The van der Waals surface area contributed by atoms with Crippen LogP contribution in [-0.2, 0) is 22.3 Å². The SMILES string of the molecule is CN(C[C@@H](CCN1CC(N2CCOC[C@H]2CCNC(=O)OC(C)(C)C)C1)c1ccc(F)cc1)C(=O)c1cc(C#N)cc2c1CCCC2. The predicted molar refractivity (Wildman–Crippen MR) is 179 cm³/mol. The van der Waals surface area contributed by atoms with Crippen molar-refractivity contribution in [3.8, 4) is 6.07 Å². The number of amides is 2. The molecule has 2 heterocycles. The summed E-state index contributed by atoms with van der Waals surface area (Å²) in [5.41, 5.74) is 3.87. The third-order valence-corrected chi connectivity index (χ3v) is 9.63. The van der Waals surface area contributed by atoms with Crippen LogP contribution in [0.4, 0.5) is 9.18 Å². The molecule has 1 aliphatic carbocycles. The predicted octanol–water partition coefficient (Wildman–Crippen LogP) is 5.12. The maximum atomic E-state index is 13.9. The Morgan fingerprint density at radius 2 is 1.91 bits per heavy atom. The summed E-state index contributed by atoms with van der Waals surface area (Å²) in [6, 6.07) is 13.2. The molecule has 0 radical (unpaired) electrons. The molecule has 1 N–H and O–H groups in total. The van der Waals surface area contributed by atoms with Crippen LogP contribution < -0.4 is 5.32 Å². The minimum Gasteiger partial charge on any atom is -0.444 e. The van der Waals surface area contributed by atoms with Crippen molar-refractivity contribution in [2.45, 2.75) is 82.9 Å². The molecule has 5 rings (SSSR count). The van der Waals surface area contributed by atoms with Gasteiger partial charge in [-0.2, -0.15) is 5.26 Å². The first kappa shape index (κ1) is 34.8. The highest BCUT2D eigenvalue weighted by Crippen LogP contribution is 2.29. The monoisotopic (exact) mass is 647 g/mol. The van der Waals surface area contributed by atoms with Crippen LogP contribution in [0.5, 0.6) is 0 Å². The number of carbonyl (C=O) groups excluding carboxylic acids is 2. The molecular weight excluding hydrogens is 597 g/mol. The lowest BCUT2D eigenvalue weighted by Crippen LogP contribution is -2.64. The van der Waals surface area contributed by atoms with Crippen molar-refractivity contribution in [3.05, 3.63) is 70.0 Å². The number of alkyl carbamates (subject to hydrolysis) is 1. The number of likely N-dealkylation sites (tertiary alicyclic amines) is 1. The van der Waals surface area contributed by atoms with Gasteiger partial charge in [0.25, 0.3) is 5.91 Å². The maximum absolute atomic E-state index is 13.9. The van der Waals surface area contributed by atoms with Crippen LogP contribution in [0.25, 0.3) is 0 Å². The fourth-order valence-corrected chi connectivity index (χ4v) is 7.17. The summed E-state index contributed by atoms with van der Waals surface area (Å²) in [7, 11) is 1.84. The summed E-state index contributed by atoms with van der Waals surface area (Å²) in [6.07, 6.45) is 5.12. The molecule has 0 unspecified atom stereocenters. The minimum absolute atomic E-state index is 0.0358. The number of benzene rings is 2. The average molecular weight is 648 g/mol. The van der Waals surface area contributed by atoms with Crippen molar-refractivity contribution in [1.82, 2.24) is 20.0 Å². The molecule has 0 bridgehead atoms. The average Bonchev–Trinajstić information content (AvgIpc) is 3.02. The third-order valence-electron chi connectivity index (χ3n) is 9.63.